The zero-order valence-corrected chi connectivity index (χ0v) is 10.7. The van der Waals surface area contributed by atoms with Crippen LogP contribution >= 0.6 is 0 Å². The molecule has 7 nitrogen and oxygen atoms in total. The molecule has 1 amide bonds. The summed E-state index contributed by atoms with van der Waals surface area (Å²) < 4.78 is 4.98. The highest BCUT2D eigenvalue weighted by atomic mass is 16.6. The van der Waals surface area contributed by atoms with Crippen molar-refractivity contribution in [3.05, 3.63) is 33.9 Å². The summed E-state index contributed by atoms with van der Waals surface area (Å²) >= 11 is 0. The molecule has 1 rings (SSSR count). The Hall–Kier alpha value is -2.57. The second-order valence-electron chi connectivity index (χ2n) is 3.75. The first-order valence-corrected chi connectivity index (χ1v) is 5.48. The number of nitro benzene ring substituents is 1. The quantitative estimate of drug-likeness (QED) is 0.474. The minimum Gasteiger partial charge on any atom is -0.496 e. The van der Waals surface area contributed by atoms with Crippen molar-refractivity contribution >= 4 is 23.4 Å². The molecule has 3 N–H and O–H groups in total. The van der Waals surface area contributed by atoms with Crippen molar-refractivity contribution in [1.82, 2.24) is 5.32 Å². The number of anilines is 1. The SMILES string of the molecule is COc1cc(C=CCNC(C)=O)c(N)c([N+](=O)[O-])c1. The lowest BCUT2D eigenvalue weighted by atomic mass is 10.1. The van der Waals surface area contributed by atoms with E-state index in [1.807, 2.05) is 0 Å². The molecule has 0 aliphatic carbocycles. The van der Waals surface area contributed by atoms with Gasteiger partial charge in [0.05, 0.1) is 18.1 Å². The molecule has 102 valence electrons. The summed E-state index contributed by atoms with van der Waals surface area (Å²) in [5.74, 6) is 0.189. The van der Waals surface area contributed by atoms with Crippen molar-refractivity contribution < 1.29 is 14.5 Å². The fourth-order valence-electron chi connectivity index (χ4n) is 1.43. The lowest BCUT2D eigenvalue weighted by Gasteiger charge is -2.06. The summed E-state index contributed by atoms with van der Waals surface area (Å²) in [6.07, 6.45) is 3.25. The van der Waals surface area contributed by atoms with Crippen molar-refractivity contribution in [2.45, 2.75) is 6.92 Å². The van der Waals surface area contributed by atoms with Crippen LogP contribution in [0, 0.1) is 10.1 Å². The average molecular weight is 265 g/mol. The highest BCUT2D eigenvalue weighted by Crippen LogP contribution is 2.31. The third kappa shape index (κ3) is 3.98. The van der Waals surface area contributed by atoms with Crippen LogP contribution in [0.3, 0.4) is 0 Å². The number of carbonyl (C=O) groups is 1. The summed E-state index contributed by atoms with van der Waals surface area (Å²) in [5, 5.41) is 13.4. The zero-order valence-electron chi connectivity index (χ0n) is 10.7. The van der Waals surface area contributed by atoms with E-state index in [1.54, 1.807) is 18.2 Å². The van der Waals surface area contributed by atoms with Crippen LogP contribution in [-0.4, -0.2) is 24.5 Å². The zero-order chi connectivity index (χ0) is 14.4. The Morgan fingerprint density at radius 2 is 2.26 bits per heavy atom. The second-order valence-corrected chi connectivity index (χ2v) is 3.75. The second kappa shape index (κ2) is 6.39. The lowest BCUT2D eigenvalue weighted by Crippen LogP contribution is -2.19. The number of nitrogens with two attached hydrogens (primary N) is 1. The third-order valence-electron chi connectivity index (χ3n) is 2.36. The third-order valence-corrected chi connectivity index (χ3v) is 2.36. The summed E-state index contributed by atoms with van der Waals surface area (Å²) in [6.45, 7) is 1.72. The fraction of sp³-hybridized carbons (Fsp3) is 0.250. The number of amides is 1. The van der Waals surface area contributed by atoms with E-state index in [1.165, 1.54) is 20.1 Å². The molecule has 0 atom stereocenters. The monoisotopic (exact) mass is 265 g/mol. The molecular weight excluding hydrogens is 250 g/mol. The molecule has 0 radical (unpaired) electrons. The minimum atomic E-state index is -0.566. The largest absolute Gasteiger partial charge is 0.496 e. The highest BCUT2D eigenvalue weighted by molar-refractivity contribution is 5.76. The highest BCUT2D eigenvalue weighted by Gasteiger charge is 2.16. The number of nitrogen functional groups attached to an aromatic ring is 1. The molecule has 1 aromatic carbocycles. The van der Waals surface area contributed by atoms with Crippen molar-refractivity contribution in [2.24, 2.45) is 0 Å². The first-order chi connectivity index (χ1) is 8.95. The maximum Gasteiger partial charge on any atom is 0.296 e. The van der Waals surface area contributed by atoms with Gasteiger partial charge in [-0.05, 0) is 6.07 Å². The summed E-state index contributed by atoms with van der Waals surface area (Å²) in [5.41, 5.74) is 6.03. The van der Waals surface area contributed by atoms with Crippen LogP contribution in [0.5, 0.6) is 5.75 Å². The van der Waals surface area contributed by atoms with Gasteiger partial charge in [0.15, 0.2) is 0 Å². The van der Waals surface area contributed by atoms with Crippen LogP contribution in [0.15, 0.2) is 18.2 Å². The van der Waals surface area contributed by atoms with Gasteiger partial charge in [-0.2, -0.15) is 0 Å². The van der Waals surface area contributed by atoms with Gasteiger partial charge in [0, 0.05) is 19.0 Å². The Morgan fingerprint density at radius 1 is 1.58 bits per heavy atom. The maximum absolute atomic E-state index is 10.9. The number of nitrogens with one attached hydrogen (secondary N) is 1. The van der Waals surface area contributed by atoms with Gasteiger partial charge in [-0.15, -0.1) is 0 Å². The lowest BCUT2D eigenvalue weighted by molar-refractivity contribution is -0.384. The Bertz CT molecular complexity index is 526. The van der Waals surface area contributed by atoms with Crippen LogP contribution in [0.25, 0.3) is 6.08 Å². The number of hydrogen-bond donors (Lipinski definition) is 2. The molecule has 1 aromatic rings. The molecule has 0 aliphatic rings. The van der Waals surface area contributed by atoms with E-state index in [0.29, 0.717) is 17.9 Å². The van der Waals surface area contributed by atoms with Crippen LogP contribution in [-0.2, 0) is 4.79 Å². The van der Waals surface area contributed by atoms with Crippen LogP contribution in [0.4, 0.5) is 11.4 Å². The van der Waals surface area contributed by atoms with Gasteiger partial charge >= 0.3 is 0 Å². The molecule has 7 heteroatoms. The number of hydrogen-bond acceptors (Lipinski definition) is 5. The van der Waals surface area contributed by atoms with E-state index in [2.05, 4.69) is 5.32 Å². The molecule has 0 unspecified atom stereocenters. The van der Waals surface area contributed by atoms with E-state index in [4.69, 9.17) is 10.5 Å². The molecule has 0 saturated carbocycles. The van der Waals surface area contributed by atoms with Crippen LogP contribution in [0.2, 0.25) is 0 Å². The van der Waals surface area contributed by atoms with Crippen molar-refractivity contribution in [3.63, 3.8) is 0 Å². The first kappa shape index (κ1) is 14.5. The Labute approximate surface area is 110 Å². The normalized spacial score (nSPS) is 10.4. The molecule has 0 fully saturated rings. The summed E-state index contributed by atoms with van der Waals surface area (Å²) in [7, 11) is 1.42. The number of nitrogens with zero attached hydrogens (tertiary/aromatic N) is 1. The molecule has 0 aliphatic heterocycles. The Balaban J connectivity index is 3.02. The summed E-state index contributed by atoms with van der Waals surface area (Å²) in [4.78, 5) is 21.0. The van der Waals surface area contributed by atoms with Gasteiger partial charge in [0.2, 0.25) is 5.91 Å². The van der Waals surface area contributed by atoms with Gasteiger partial charge in [0.25, 0.3) is 5.69 Å². The number of nitro groups is 1. The Kier molecular flexibility index (Phi) is 4.87. The molecule has 0 spiro atoms. The summed E-state index contributed by atoms with van der Waals surface area (Å²) in [6, 6.07) is 2.85. The van der Waals surface area contributed by atoms with Gasteiger partial charge in [-0.3, -0.25) is 14.9 Å². The number of rotatable bonds is 5. The predicted octanol–water partition coefficient (Wildman–Crippen LogP) is 1.33. The average Bonchev–Trinajstić information content (AvgIpc) is 2.35. The maximum atomic E-state index is 10.9. The molecule has 0 heterocycles. The number of benzene rings is 1. The molecule has 0 saturated heterocycles. The van der Waals surface area contributed by atoms with E-state index in [0.717, 1.165) is 0 Å². The Morgan fingerprint density at radius 3 is 2.79 bits per heavy atom. The predicted molar refractivity (Wildman–Crippen MR) is 71.8 cm³/mol. The van der Waals surface area contributed by atoms with Gasteiger partial charge < -0.3 is 15.8 Å². The van der Waals surface area contributed by atoms with E-state index >= 15 is 0 Å². The van der Waals surface area contributed by atoms with Crippen molar-refractivity contribution in [3.8, 4) is 5.75 Å². The van der Waals surface area contributed by atoms with Crippen molar-refractivity contribution in [1.29, 1.82) is 0 Å². The number of methoxy groups -OCH3 is 1. The number of carbonyl (C=O) groups excluding carboxylic acids is 1. The smallest absolute Gasteiger partial charge is 0.296 e. The molecular formula is C12H15N3O4. The van der Waals surface area contributed by atoms with Crippen molar-refractivity contribution in [2.75, 3.05) is 19.4 Å². The molecule has 19 heavy (non-hydrogen) atoms. The standard InChI is InChI=1S/C12H15N3O4/c1-8(16)14-5-3-4-9-6-10(19-2)7-11(12(9)13)15(17)18/h3-4,6-7H,5,13H2,1-2H3,(H,14,16). The van der Waals surface area contributed by atoms with E-state index in [-0.39, 0.29) is 17.3 Å². The molecule has 0 aromatic heterocycles. The van der Waals surface area contributed by atoms with Crippen LogP contribution in [0.1, 0.15) is 12.5 Å². The van der Waals surface area contributed by atoms with E-state index in [9.17, 15) is 14.9 Å². The topological polar surface area (TPSA) is 107 Å². The van der Waals surface area contributed by atoms with Gasteiger partial charge in [-0.1, -0.05) is 12.2 Å². The van der Waals surface area contributed by atoms with Crippen LogP contribution < -0.4 is 15.8 Å². The molecule has 0 bridgehead atoms. The first-order valence-electron chi connectivity index (χ1n) is 5.48. The van der Waals surface area contributed by atoms with Gasteiger partial charge in [0.1, 0.15) is 11.4 Å². The fourth-order valence-corrected chi connectivity index (χ4v) is 1.43. The van der Waals surface area contributed by atoms with Gasteiger partial charge in [-0.25, -0.2) is 0 Å². The minimum absolute atomic E-state index is 0.0601. The number of ether oxygens (including phenoxy) is 1. The van der Waals surface area contributed by atoms with E-state index < -0.39 is 4.92 Å².